The fourth-order valence-corrected chi connectivity index (χ4v) is 4.22. The van der Waals surface area contributed by atoms with E-state index in [0.29, 0.717) is 22.6 Å². The molecular formula is C24H18F3N3O4. The lowest BCUT2D eigenvalue weighted by atomic mass is 10.0. The van der Waals surface area contributed by atoms with Gasteiger partial charge >= 0.3 is 6.18 Å². The van der Waals surface area contributed by atoms with Crippen molar-refractivity contribution < 1.29 is 32.0 Å². The van der Waals surface area contributed by atoms with Gasteiger partial charge in [-0.3, -0.25) is 14.4 Å². The van der Waals surface area contributed by atoms with Crippen molar-refractivity contribution in [2.24, 2.45) is 0 Å². The van der Waals surface area contributed by atoms with Gasteiger partial charge in [-0.05, 0) is 54.6 Å². The van der Waals surface area contributed by atoms with E-state index in [1.807, 2.05) is 0 Å². The van der Waals surface area contributed by atoms with Crippen LogP contribution >= 0.6 is 0 Å². The number of nitrogens with one attached hydrogen (secondary N) is 1. The van der Waals surface area contributed by atoms with Gasteiger partial charge in [0.25, 0.3) is 11.8 Å². The van der Waals surface area contributed by atoms with Crippen LogP contribution in [0.5, 0.6) is 0 Å². The highest BCUT2D eigenvalue weighted by molar-refractivity contribution is 6.11. The molecule has 1 saturated heterocycles. The molecule has 0 spiro atoms. The molecular weight excluding hydrogens is 451 g/mol. The number of halogens is 3. The molecule has 2 aliphatic heterocycles. The molecule has 1 N–H and O–H groups in total. The minimum atomic E-state index is -4.50. The number of rotatable bonds is 2. The van der Waals surface area contributed by atoms with Crippen molar-refractivity contribution in [3.8, 4) is 11.3 Å². The zero-order valence-corrected chi connectivity index (χ0v) is 17.6. The highest BCUT2D eigenvalue weighted by atomic mass is 19.4. The van der Waals surface area contributed by atoms with Crippen LogP contribution in [-0.4, -0.2) is 53.2 Å². The van der Waals surface area contributed by atoms with E-state index in [-0.39, 0.29) is 31.1 Å². The SMILES string of the molecule is O=C1Nc2ccc(-c3ccco3)cc2C(=O)N2CCN(C(=O)c3ccc(C(F)(F)F)cc3)C[C@@H]12. The Hall–Kier alpha value is -4.08. The van der Waals surface area contributed by atoms with Crippen molar-refractivity contribution in [2.75, 3.05) is 25.0 Å². The van der Waals surface area contributed by atoms with Crippen LogP contribution in [0.4, 0.5) is 18.9 Å². The number of amides is 3. The van der Waals surface area contributed by atoms with Crippen molar-refractivity contribution >= 4 is 23.4 Å². The van der Waals surface area contributed by atoms with Crippen molar-refractivity contribution in [2.45, 2.75) is 12.2 Å². The summed E-state index contributed by atoms with van der Waals surface area (Å²) in [4.78, 5) is 42.0. The fraction of sp³-hybridized carbons (Fsp3) is 0.208. The molecule has 0 aliphatic carbocycles. The lowest BCUT2D eigenvalue weighted by Crippen LogP contribution is -2.59. The summed E-state index contributed by atoms with van der Waals surface area (Å²) >= 11 is 0. The number of carbonyl (C=O) groups excluding carboxylic acids is 3. The number of furan rings is 1. The number of fused-ring (bicyclic) bond motifs is 2. The maximum Gasteiger partial charge on any atom is 0.416 e. The summed E-state index contributed by atoms with van der Waals surface area (Å²) in [6.45, 7) is 0.173. The zero-order valence-electron chi connectivity index (χ0n) is 17.6. The van der Waals surface area contributed by atoms with Crippen LogP contribution < -0.4 is 5.32 Å². The molecule has 2 aromatic carbocycles. The molecule has 174 valence electrons. The minimum Gasteiger partial charge on any atom is -0.464 e. The predicted molar refractivity (Wildman–Crippen MR) is 115 cm³/mol. The van der Waals surface area contributed by atoms with Gasteiger partial charge in [0, 0.05) is 24.2 Å². The molecule has 1 fully saturated rings. The molecule has 2 aliphatic rings. The third kappa shape index (κ3) is 3.81. The molecule has 0 radical (unpaired) electrons. The van der Waals surface area contributed by atoms with Gasteiger partial charge < -0.3 is 19.5 Å². The topological polar surface area (TPSA) is 82.9 Å². The number of alkyl halides is 3. The van der Waals surface area contributed by atoms with Gasteiger partial charge in [-0.2, -0.15) is 13.2 Å². The average molecular weight is 469 g/mol. The van der Waals surface area contributed by atoms with Crippen LogP contribution in [0.15, 0.2) is 65.3 Å². The summed E-state index contributed by atoms with van der Waals surface area (Å²) in [5.74, 6) is -0.721. The Balaban J connectivity index is 1.38. The minimum absolute atomic E-state index is 0.0730. The van der Waals surface area contributed by atoms with Gasteiger partial charge in [0.2, 0.25) is 5.91 Å². The second-order valence-corrected chi connectivity index (χ2v) is 8.07. The summed E-state index contributed by atoms with van der Waals surface area (Å²) in [7, 11) is 0. The number of benzene rings is 2. The second-order valence-electron chi connectivity index (χ2n) is 8.07. The molecule has 34 heavy (non-hydrogen) atoms. The maximum absolute atomic E-state index is 13.3. The Labute approximate surface area is 191 Å². The van der Waals surface area contributed by atoms with Crippen LogP contribution in [0.3, 0.4) is 0 Å². The number of anilines is 1. The van der Waals surface area contributed by atoms with Gasteiger partial charge in [0.05, 0.1) is 29.6 Å². The van der Waals surface area contributed by atoms with Crippen LogP contribution in [0.25, 0.3) is 11.3 Å². The normalized spacial score (nSPS) is 18.1. The summed E-state index contributed by atoms with van der Waals surface area (Å²) in [5.41, 5.74) is 0.580. The molecule has 3 heterocycles. The number of carbonyl (C=O) groups is 3. The van der Waals surface area contributed by atoms with Gasteiger partial charge in [0.15, 0.2) is 0 Å². The lowest BCUT2D eigenvalue weighted by Gasteiger charge is -2.39. The fourth-order valence-electron chi connectivity index (χ4n) is 4.22. The molecule has 7 nitrogen and oxygen atoms in total. The lowest BCUT2D eigenvalue weighted by molar-refractivity contribution is -0.137. The Morgan fingerprint density at radius 2 is 1.79 bits per heavy atom. The smallest absolute Gasteiger partial charge is 0.416 e. The molecule has 3 aromatic rings. The largest absolute Gasteiger partial charge is 0.464 e. The Kier molecular flexibility index (Phi) is 5.15. The van der Waals surface area contributed by atoms with Gasteiger partial charge in [-0.1, -0.05) is 0 Å². The van der Waals surface area contributed by atoms with E-state index in [0.717, 1.165) is 24.3 Å². The first-order valence-corrected chi connectivity index (χ1v) is 10.5. The predicted octanol–water partition coefficient (Wildman–Crippen LogP) is 3.88. The number of nitrogens with zero attached hydrogens (tertiary/aromatic N) is 2. The molecule has 3 amide bonds. The first-order valence-electron chi connectivity index (χ1n) is 10.5. The highest BCUT2D eigenvalue weighted by Gasteiger charge is 2.41. The summed E-state index contributed by atoms with van der Waals surface area (Å²) in [6.07, 6.45) is -2.98. The maximum atomic E-state index is 13.3. The number of piperazine rings is 1. The quantitative estimate of drug-likeness (QED) is 0.618. The van der Waals surface area contributed by atoms with E-state index in [9.17, 15) is 27.6 Å². The van der Waals surface area contributed by atoms with E-state index in [4.69, 9.17) is 4.42 Å². The Morgan fingerprint density at radius 1 is 1.03 bits per heavy atom. The monoisotopic (exact) mass is 469 g/mol. The van der Waals surface area contributed by atoms with Crippen LogP contribution in [-0.2, 0) is 11.0 Å². The van der Waals surface area contributed by atoms with E-state index < -0.39 is 29.6 Å². The first-order chi connectivity index (χ1) is 16.2. The molecule has 10 heteroatoms. The van der Waals surface area contributed by atoms with Crippen LogP contribution in [0.2, 0.25) is 0 Å². The molecule has 5 rings (SSSR count). The van der Waals surface area contributed by atoms with Crippen LogP contribution in [0, 0.1) is 0 Å². The van der Waals surface area contributed by atoms with Crippen molar-refractivity contribution in [1.82, 2.24) is 9.80 Å². The molecule has 1 aromatic heterocycles. The van der Waals surface area contributed by atoms with Gasteiger partial charge in [-0.25, -0.2) is 0 Å². The van der Waals surface area contributed by atoms with Crippen molar-refractivity contribution in [1.29, 1.82) is 0 Å². The zero-order chi connectivity index (χ0) is 24.0. The molecule has 1 atom stereocenters. The second kappa shape index (κ2) is 8.05. The summed E-state index contributed by atoms with van der Waals surface area (Å²) in [6, 6.07) is 11.5. The van der Waals surface area contributed by atoms with Crippen molar-refractivity contribution in [3.05, 3.63) is 77.6 Å². The number of hydrogen-bond acceptors (Lipinski definition) is 4. The van der Waals surface area contributed by atoms with Gasteiger partial charge in [-0.15, -0.1) is 0 Å². The average Bonchev–Trinajstić information content (AvgIpc) is 3.34. The van der Waals surface area contributed by atoms with E-state index in [1.54, 1.807) is 30.3 Å². The molecule has 0 saturated carbocycles. The van der Waals surface area contributed by atoms with E-state index in [1.165, 1.54) is 16.1 Å². The van der Waals surface area contributed by atoms with Crippen LogP contribution in [0.1, 0.15) is 26.3 Å². The van der Waals surface area contributed by atoms with Gasteiger partial charge in [0.1, 0.15) is 11.8 Å². The Morgan fingerprint density at radius 3 is 2.47 bits per heavy atom. The first kappa shape index (κ1) is 21.7. The number of hydrogen-bond donors (Lipinski definition) is 1. The Bertz CT molecular complexity index is 1270. The standard InChI is InChI=1S/C24H18F3N3O4/c25-24(26,27)16-6-3-14(4-7-16)22(32)29-9-10-30-19(13-29)21(31)28-18-8-5-15(12-17(18)23(30)33)20-2-1-11-34-20/h1-8,11-12,19H,9-10,13H2,(H,28,31)/t19-/m0/s1. The van der Waals surface area contributed by atoms with E-state index >= 15 is 0 Å². The summed E-state index contributed by atoms with van der Waals surface area (Å²) in [5, 5.41) is 2.75. The third-order valence-corrected chi connectivity index (χ3v) is 6.00. The highest BCUT2D eigenvalue weighted by Crippen LogP contribution is 2.31. The summed E-state index contributed by atoms with van der Waals surface area (Å²) < 4.78 is 43.8. The molecule has 0 unspecified atom stereocenters. The van der Waals surface area contributed by atoms with E-state index in [2.05, 4.69) is 5.32 Å². The molecule has 0 bridgehead atoms. The third-order valence-electron chi connectivity index (χ3n) is 6.00. The van der Waals surface area contributed by atoms with Crippen molar-refractivity contribution in [3.63, 3.8) is 0 Å².